The van der Waals surface area contributed by atoms with Crippen molar-refractivity contribution in [3.05, 3.63) is 11.9 Å². The van der Waals surface area contributed by atoms with E-state index in [4.69, 9.17) is 0 Å². The van der Waals surface area contributed by atoms with Crippen molar-refractivity contribution in [2.24, 2.45) is 5.92 Å². The van der Waals surface area contributed by atoms with Gasteiger partial charge in [0.25, 0.3) is 0 Å². The van der Waals surface area contributed by atoms with Crippen LogP contribution in [0.15, 0.2) is 6.20 Å². The monoisotopic (exact) mass is 265 g/mol. The number of rotatable bonds is 9. The van der Waals surface area contributed by atoms with Crippen molar-refractivity contribution in [2.75, 3.05) is 0 Å². The van der Waals surface area contributed by atoms with Crippen molar-refractivity contribution < 1.29 is 4.79 Å². The van der Waals surface area contributed by atoms with E-state index in [1.807, 2.05) is 24.7 Å². The molecule has 0 N–H and O–H groups in total. The van der Waals surface area contributed by atoms with Gasteiger partial charge >= 0.3 is 0 Å². The molecule has 0 amide bonds. The fourth-order valence-corrected chi connectivity index (χ4v) is 1.90. The van der Waals surface area contributed by atoms with Crippen LogP contribution >= 0.6 is 0 Å². The molecule has 1 heterocycles. The molecule has 1 rings (SSSR count). The van der Waals surface area contributed by atoms with E-state index in [0.717, 1.165) is 44.3 Å². The first-order chi connectivity index (χ1) is 9.00. The third-order valence-corrected chi connectivity index (χ3v) is 3.35. The smallest absolute Gasteiger partial charge is 0.135 e. The van der Waals surface area contributed by atoms with Crippen LogP contribution in [-0.2, 0) is 11.3 Å². The lowest BCUT2D eigenvalue weighted by Gasteiger charge is -2.04. The van der Waals surface area contributed by atoms with Gasteiger partial charge in [0.1, 0.15) is 5.78 Å². The maximum Gasteiger partial charge on any atom is 0.135 e. The first kappa shape index (κ1) is 15.9. The molecule has 4 nitrogen and oxygen atoms in total. The maximum atomic E-state index is 11.4. The van der Waals surface area contributed by atoms with Crippen molar-refractivity contribution in [1.29, 1.82) is 0 Å². The summed E-state index contributed by atoms with van der Waals surface area (Å²) in [5.74, 6) is 1.01. The lowest BCUT2D eigenvalue weighted by atomic mass is 10.0. The Kier molecular flexibility index (Phi) is 6.74. The van der Waals surface area contributed by atoms with Crippen molar-refractivity contribution >= 4 is 5.78 Å². The van der Waals surface area contributed by atoms with Crippen LogP contribution in [0.4, 0.5) is 0 Å². The van der Waals surface area contributed by atoms with E-state index in [-0.39, 0.29) is 5.92 Å². The van der Waals surface area contributed by atoms with Gasteiger partial charge in [0, 0.05) is 25.1 Å². The topological polar surface area (TPSA) is 47.8 Å². The summed E-state index contributed by atoms with van der Waals surface area (Å²) >= 11 is 0. The van der Waals surface area contributed by atoms with E-state index >= 15 is 0 Å². The van der Waals surface area contributed by atoms with E-state index in [2.05, 4.69) is 24.2 Å². The largest absolute Gasteiger partial charge is 0.299 e. The van der Waals surface area contributed by atoms with E-state index in [1.165, 1.54) is 0 Å². The predicted octanol–water partition coefficient (Wildman–Crippen LogP) is 3.58. The molecule has 0 aromatic carbocycles. The number of Topliss-reactive ketones (excluding diaryl/α,β-unsaturated/α-hetero) is 1. The highest BCUT2D eigenvalue weighted by Gasteiger charge is 2.06. The molecule has 0 spiro atoms. The van der Waals surface area contributed by atoms with Gasteiger partial charge < -0.3 is 0 Å². The molecule has 108 valence electrons. The van der Waals surface area contributed by atoms with Crippen LogP contribution in [0.2, 0.25) is 0 Å². The number of hydrogen-bond donors (Lipinski definition) is 0. The minimum atomic E-state index is 0.185. The third-order valence-electron chi connectivity index (χ3n) is 3.35. The minimum absolute atomic E-state index is 0.185. The molecule has 1 aromatic rings. The summed E-state index contributed by atoms with van der Waals surface area (Å²) in [7, 11) is 0. The number of hydrogen-bond acceptors (Lipinski definition) is 3. The van der Waals surface area contributed by atoms with E-state index < -0.39 is 0 Å². The summed E-state index contributed by atoms with van der Waals surface area (Å²) in [5, 5.41) is 8.26. The lowest BCUT2D eigenvalue weighted by Crippen LogP contribution is -2.06. The number of carbonyl (C=O) groups excluding carboxylic acids is 1. The van der Waals surface area contributed by atoms with Crippen LogP contribution in [0.1, 0.15) is 71.4 Å². The molecule has 0 saturated carbocycles. The van der Waals surface area contributed by atoms with Gasteiger partial charge in [-0.15, -0.1) is 5.10 Å². The number of nitrogens with zero attached hydrogens (tertiary/aromatic N) is 3. The Morgan fingerprint density at radius 3 is 2.42 bits per heavy atom. The van der Waals surface area contributed by atoms with Crippen LogP contribution in [-0.4, -0.2) is 20.8 Å². The summed E-state index contributed by atoms with van der Waals surface area (Å²) in [6, 6.07) is 0. The Balaban J connectivity index is 2.09. The number of aryl methyl sites for hydroxylation is 1. The Hall–Kier alpha value is -1.19. The summed E-state index contributed by atoms with van der Waals surface area (Å²) in [5.41, 5.74) is 1.06. The number of ketones is 1. The molecule has 1 aromatic heterocycles. The molecule has 0 fully saturated rings. The first-order valence-electron chi connectivity index (χ1n) is 7.43. The van der Waals surface area contributed by atoms with E-state index in [0.29, 0.717) is 11.7 Å². The van der Waals surface area contributed by atoms with Crippen molar-refractivity contribution in [1.82, 2.24) is 15.0 Å². The quantitative estimate of drug-likeness (QED) is 0.641. The van der Waals surface area contributed by atoms with Gasteiger partial charge in [0.15, 0.2) is 0 Å². The van der Waals surface area contributed by atoms with Crippen LogP contribution in [0.5, 0.6) is 0 Å². The van der Waals surface area contributed by atoms with Crippen molar-refractivity contribution in [3.63, 3.8) is 0 Å². The molecule has 0 saturated heterocycles. The molecule has 0 aliphatic carbocycles. The molecular weight excluding hydrogens is 238 g/mol. The molecule has 0 aliphatic heterocycles. The zero-order chi connectivity index (χ0) is 14.3. The average Bonchev–Trinajstić information content (AvgIpc) is 2.82. The van der Waals surface area contributed by atoms with Gasteiger partial charge in [-0.2, -0.15) is 0 Å². The minimum Gasteiger partial charge on any atom is -0.299 e. The van der Waals surface area contributed by atoms with Crippen molar-refractivity contribution in [3.8, 4) is 0 Å². The zero-order valence-electron chi connectivity index (χ0n) is 12.7. The maximum absolute atomic E-state index is 11.4. The fraction of sp³-hybridized carbons (Fsp3) is 0.800. The highest BCUT2D eigenvalue weighted by Crippen LogP contribution is 2.11. The molecule has 0 unspecified atom stereocenters. The number of aromatic nitrogens is 3. The second kappa shape index (κ2) is 8.08. The fourth-order valence-electron chi connectivity index (χ4n) is 1.90. The van der Waals surface area contributed by atoms with Gasteiger partial charge in [0.05, 0.1) is 5.69 Å². The Labute approximate surface area is 116 Å². The van der Waals surface area contributed by atoms with E-state index in [1.54, 1.807) is 0 Å². The van der Waals surface area contributed by atoms with Gasteiger partial charge in [-0.25, -0.2) is 0 Å². The molecule has 0 aliphatic rings. The van der Waals surface area contributed by atoms with Crippen LogP contribution in [0.3, 0.4) is 0 Å². The van der Waals surface area contributed by atoms with Gasteiger partial charge in [-0.1, -0.05) is 45.7 Å². The summed E-state index contributed by atoms with van der Waals surface area (Å²) in [4.78, 5) is 11.4. The molecule has 0 radical (unpaired) electrons. The summed E-state index contributed by atoms with van der Waals surface area (Å²) in [6.45, 7) is 9.12. The predicted molar refractivity (Wildman–Crippen MR) is 77.0 cm³/mol. The molecule has 19 heavy (non-hydrogen) atoms. The lowest BCUT2D eigenvalue weighted by molar-refractivity contribution is -0.122. The number of unbranched alkanes of at least 4 members (excludes halogenated alkanes) is 3. The van der Waals surface area contributed by atoms with E-state index in [9.17, 15) is 4.79 Å². The summed E-state index contributed by atoms with van der Waals surface area (Å²) in [6.07, 6.45) is 7.18. The first-order valence-corrected chi connectivity index (χ1v) is 7.43. The zero-order valence-corrected chi connectivity index (χ0v) is 12.7. The highest BCUT2D eigenvalue weighted by molar-refractivity contribution is 5.80. The van der Waals surface area contributed by atoms with Crippen molar-refractivity contribution in [2.45, 2.75) is 72.3 Å². The Bertz CT molecular complexity index is 382. The molecule has 0 atom stereocenters. The molecule has 4 heteroatoms. The van der Waals surface area contributed by atoms with Gasteiger partial charge in [0.2, 0.25) is 0 Å². The molecule has 0 bridgehead atoms. The van der Waals surface area contributed by atoms with Crippen LogP contribution < -0.4 is 0 Å². The normalized spacial score (nSPS) is 11.5. The average molecular weight is 265 g/mol. The summed E-state index contributed by atoms with van der Waals surface area (Å²) < 4.78 is 1.93. The van der Waals surface area contributed by atoms with Gasteiger partial charge in [-0.3, -0.25) is 9.48 Å². The second-order valence-corrected chi connectivity index (χ2v) is 5.85. The third kappa shape index (κ3) is 5.99. The number of carbonyl (C=O) groups is 1. The van der Waals surface area contributed by atoms with Gasteiger partial charge in [-0.05, 0) is 18.8 Å². The standard InChI is InChI=1S/C15H27N3O/c1-12(2)14-11-18(17-16-14)10-8-6-5-7-9-15(19)13(3)4/h11-13H,5-10H2,1-4H3. The molecular formula is C15H27N3O. The highest BCUT2D eigenvalue weighted by atomic mass is 16.1. The SMILES string of the molecule is CC(C)C(=O)CCCCCCn1cc(C(C)C)nn1. The van der Waals surface area contributed by atoms with Crippen LogP contribution in [0.25, 0.3) is 0 Å². The second-order valence-electron chi connectivity index (χ2n) is 5.85. The Morgan fingerprint density at radius 1 is 1.16 bits per heavy atom. The Morgan fingerprint density at radius 2 is 1.84 bits per heavy atom. The van der Waals surface area contributed by atoms with Crippen LogP contribution in [0, 0.1) is 5.92 Å².